The fraction of sp³-hybridized carbons (Fsp3) is 0.385. The van der Waals surface area contributed by atoms with Crippen molar-refractivity contribution in [1.29, 1.82) is 0 Å². The van der Waals surface area contributed by atoms with E-state index in [0.717, 1.165) is 10.0 Å². The van der Waals surface area contributed by atoms with E-state index < -0.39 is 12.0 Å². The number of carboxylic acid groups (broad SMARTS) is 1. The number of aliphatic carboxylic acids is 1. The second-order valence-corrected chi connectivity index (χ2v) is 5.40. The lowest BCUT2D eigenvalue weighted by atomic mass is 9.89. The molecule has 18 heavy (non-hydrogen) atoms. The molecule has 4 nitrogen and oxygen atoms in total. The van der Waals surface area contributed by atoms with Crippen LogP contribution in [0.3, 0.4) is 0 Å². The van der Waals surface area contributed by atoms with Crippen LogP contribution in [-0.4, -0.2) is 23.0 Å². The largest absolute Gasteiger partial charge is 0.480 e. The Morgan fingerprint density at radius 1 is 1.33 bits per heavy atom. The molecule has 1 aromatic carbocycles. The van der Waals surface area contributed by atoms with Crippen molar-refractivity contribution in [1.82, 2.24) is 5.32 Å². The van der Waals surface area contributed by atoms with Gasteiger partial charge in [0.1, 0.15) is 6.04 Å². The van der Waals surface area contributed by atoms with Crippen LogP contribution in [0, 0.1) is 0 Å². The molecule has 1 saturated heterocycles. The number of amides is 1. The summed E-state index contributed by atoms with van der Waals surface area (Å²) in [5.74, 6) is -1.03. The quantitative estimate of drug-likeness (QED) is 0.880. The Kier molecular flexibility index (Phi) is 4.01. The van der Waals surface area contributed by atoms with E-state index in [9.17, 15) is 9.59 Å². The van der Waals surface area contributed by atoms with Gasteiger partial charge in [-0.3, -0.25) is 4.79 Å². The van der Waals surface area contributed by atoms with Crippen molar-refractivity contribution in [2.75, 3.05) is 0 Å². The Morgan fingerprint density at radius 2 is 2.00 bits per heavy atom. The van der Waals surface area contributed by atoms with Gasteiger partial charge in [0.2, 0.25) is 5.91 Å². The number of nitrogens with one attached hydrogen (secondary N) is 1. The van der Waals surface area contributed by atoms with Gasteiger partial charge in [-0.25, -0.2) is 4.79 Å². The minimum Gasteiger partial charge on any atom is -0.480 e. The Bertz CT molecular complexity index is 458. The molecule has 1 aromatic rings. The van der Waals surface area contributed by atoms with Gasteiger partial charge < -0.3 is 10.4 Å². The van der Waals surface area contributed by atoms with Gasteiger partial charge in [0.15, 0.2) is 0 Å². The average molecular weight is 312 g/mol. The minimum atomic E-state index is -0.965. The zero-order chi connectivity index (χ0) is 13.1. The summed E-state index contributed by atoms with van der Waals surface area (Å²) >= 11 is 3.37. The number of carboxylic acids is 1. The summed E-state index contributed by atoms with van der Waals surface area (Å²) in [5.41, 5.74) is 1.08. The lowest BCUT2D eigenvalue weighted by Crippen LogP contribution is -2.39. The van der Waals surface area contributed by atoms with Crippen LogP contribution in [0.4, 0.5) is 0 Å². The summed E-state index contributed by atoms with van der Waals surface area (Å²) in [4.78, 5) is 22.5. The summed E-state index contributed by atoms with van der Waals surface area (Å²) in [6.07, 6.45) is 1.52. The predicted octanol–water partition coefficient (Wildman–Crippen LogP) is 2.29. The van der Waals surface area contributed by atoms with E-state index >= 15 is 0 Å². The number of halogens is 1. The summed E-state index contributed by atoms with van der Waals surface area (Å²) < 4.78 is 0.990. The first kappa shape index (κ1) is 13.1. The van der Waals surface area contributed by atoms with Crippen LogP contribution < -0.4 is 5.32 Å². The van der Waals surface area contributed by atoms with Gasteiger partial charge >= 0.3 is 5.97 Å². The van der Waals surface area contributed by atoms with Gasteiger partial charge in [0.05, 0.1) is 0 Å². The molecule has 0 aliphatic carbocycles. The topological polar surface area (TPSA) is 66.4 Å². The zero-order valence-electron chi connectivity index (χ0n) is 9.73. The lowest BCUT2D eigenvalue weighted by molar-refractivity contribution is -0.141. The van der Waals surface area contributed by atoms with E-state index in [4.69, 9.17) is 5.11 Å². The maximum Gasteiger partial charge on any atom is 0.326 e. The van der Waals surface area contributed by atoms with E-state index in [2.05, 4.69) is 21.2 Å². The minimum absolute atomic E-state index is 0.109. The fourth-order valence-electron chi connectivity index (χ4n) is 2.23. The number of carbonyl (C=O) groups is 2. The van der Waals surface area contributed by atoms with E-state index in [1.807, 2.05) is 24.3 Å². The zero-order valence-corrected chi connectivity index (χ0v) is 11.3. The molecule has 1 fully saturated rings. The normalized spacial score (nSPS) is 24.2. The third-order valence-corrected chi connectivity index (χ3v) is 3.74. The highest BCUT2D eigenvalue weighted by Gasteiger charge is 2.28. The first-order valence-electron chi connectivity index (χ1n) is 5.84. The molecule has 1 heterocycles. The van der Waals surface area contributed by atoms with Gasteiger partial charge in [0, 0.05) is 10.9 Å². The van der Waals surface area contributed by atoms with E-state index in [1.165, 1.54) is 0 Å². The fourth-order valence-corrected chi connectivity index (χ4v) is 2.50. The van der Waals surface area contributed by atoms with E-state index in [1.54, 1.807) is 0 Å². The van der Waals surface area contributed by atoms with E-state index in [-0.39, 0.29) is 11.8 Å². The van der Waals surface area contributed by atoms with Crippen LogP contribution in [0.25, 0.3) is 0 Å². The monoisotopic (exact) mass is 311 g/mol. The molecular formula is C13H14BrNO3. The van der Waals surface area contributed by atoms with Crippen molar-refractivity contribution in [2.45, 2.75) is 31.2 Å². The summed E-state index contributed by atoms with van der Waals surface area (Å²) in [6, 6.07) is 7.04. The van der Waals surface area contributed by atoms with Gasteiger partial charge in [0.25, 0.3) is 0 Å². The maximum absolute atomic E-state index is 11.4. The number of hydrogen-bond acceptors (Lipinski definition) is 2. The number of rotatable bonds is 2. The molecule has 0 aromatic heterocycles. The first-order valence-corrected chi connectivity index (χ1v) is 6.63. The van der Waals surface area contributed by atoms with Gasteiger partial charge in [-0.2, -0.15) is 0 Å². The third-order valence-electron chi connectivity index (χ3n) is 3.21. The molecule has 1 aliphatic heterocycles. The molecule has 1 amide bonds. The molecule has 0 spiro atoms. The standard InChI is InChI=1S/C13H14BrNO3/c14-10-4-1-8(2-5-10)9-3-6-12(16)15-11(7-9)13(17)18/h1-2,4-5,9,11H,3,6-7H2,(H,15,16)(H,17,18). The van der Waals surface area contributed by atoms with Crippen molar-refractivity contribution >= 4 is 27.8 Å². The molecule has 5 heteroatoms. The van der Waals surface area contributed by atoms with E-state index in [0.29, 0.717) is 19.3 Å². The highest BCUT2D eigenvalue weighted by Crippen LogP contribution is 2.29. The second kappa shape index (κ2) is 5.52. The van der Waals surface area contributed by atoms with Crippen LogP contribution in [0.5, 0.6) is 0 Å². The SMILES string of the molecule is O=C1CCC(c2ccc(Br)cc2)CC(C(=O)O)N1. The van der Waals surface area contributed by atoms with Crippen molar-refractivity contribution < 1.29 is 14.7 Å². The van der Waals surface area contributed by atoms with Crippen LogP contribution >= 0.6 is 15.9 Å². The molecule has 1 aliphatic rings. The van der Waals surface area contributed by atoms with Gasteiger partial charge in [-0.1, -0.05) is 28.1 Å². The molecule has 0 bridgehead atoms. The molecule has 0 saturated carbocycles. The molecule has 2 rings (SSSR count). The van der Waals surface area contributed by atoms with Crippen LogP contribution in [-0.2, 0) is 9.59 Å². The Balaban J connectivity index is 2.19. The number of carbonyl (C=O) groups excluding carboxylic acids is 1. The molecule has 2 atom stereocenters. The maximum atomic E-state index is 11.4. The Hall–Kier alpha value is -1.36. The average Bonchev–Trinajstić information content (AvgIpc) is 2.52. The first-order chi connectivity index (χ1) is 8.56. The third kappa shape index (κ3) is 3.10. The highest BCUT2D eigenvalue weighted by atomic mass is 79.9. The molecule has 96 valence electrons. The smallest absolute Gasteiger partial charge is 0.326 e. The summed E-state index contributed by atoms with van der Waals surface area (Å²) in [5, 5.41) is 11.6. The van der Waals surface area contributed by atoms with Gasteiger partial charge in [-0.05, 0) is 36.5 Å². The van der Waals surface area contributed by atoms with Crippen LogP contribution in [0.2, 0.25) is 0 Å². The number of benzene rings is 1. The second-order valence-electron chi connectivity index (χ2n) is 4.48. The number of hydrogen-bond donors (Lipinski definition) is 2. The van der Waals surface area contributed by atoms with Crippen LogP contribution in [0.1, 0.15) is 30.7 Å². The predicted molar refractivity (Wildman–Crippen MR) is 70.3 cm³/mol. The van der Waals surface area contributed by atoms with Crippen molar-refractivity contribution in [3.05, 3.63) is 34.3 Å². The summed E-state index contributed by atoms with van der Waals surface area (Å²) in [7, 11) is 0. The molecule has 2 N–H and O–H groups in total. The van der Waals surface area contributed by atoms with Crippen LogP contribution in [0.15, 0.2) is 28.7 Å². The molecular weight excluding hydrogens is 298 g/mol. The molecule has 0 radical (unpaired) electrons. The van der Waals surface area contributed by atoms with Crippen molar-refractivity contribution in [3.8, 4) is 0 Å². The van der Waals surface area contributed by atoms with Gasteiger partial charge in [-0.15, -0.1) is 0 Å². The van der Waals surface area contributed by atoms with Crippen molar-refractivity contribution in [2.24, 2.45) is 0 Å². The molecule has 2 unspecified atom stereocenters. The summed E-state index contributed by atoms with van der Waals surface area (Å²) in [6.45, 7) is 0. The Morgan fingerprint density at radius 3 is 2.61 bits per heavy atom. The lowest BCUT2D eigenvalue weighted by Gasteiger charge is -2.17. The van der Waals surface area contributed by atoms with Crippen molar-refractivity contribution in [3.63, 3.8) is 0 Å². The highest BCUT2D eigenvalue weighted by molar-refractivity contribution is 9.10. The Labute approximate surface area is 114 Å².